The molecule has 0 bridgehead atoms. The van der Waals surface area contributed by atoms with Gasteiger partial charge in [-0.25, -0.2) is 4.98 Å². The largest absolute Gasteiger partial charge is 0.444 e. The zero-order chi connectivity index (χ0) is 17.3. The van der Waals surface area contributed by atoms with Crippen LogP contribution < -0.4 is 0 Å². The lowest BCUT2D eigenvalue weighted by Crippen LogP contribution is -2.42. The highest BCUT2D eigenvalue weighted by Gasteiger charge is 2.30. The fourth-order valence-corrected chi connectivity index (χ4v) is 2.85. The number of likely N-dealkylation sites (tertiary alicyclic amines) is 1. The number of benzene rings is 1. The molecule has 4 nitrogen and oxygen atoms in total. The molecule has 1 aromatic carbocycles. The van der Waals surface area contributed by atoms with Crippen molar-refractivity contribution in [1.82, 2.24) is 9.88 Å². The first kappa shape index (κ1) is 16.5. The van der Waals surface area contributed by atoms with Crippen LogP contribution in [-0.2, 0) is 6.18 Å². The number of halogens is 3. The lowest BCUT2D eigenvalue weighted by Gasteiger charge is -2.32. The van der Waals surface area contributed by atoms with E-state index in [1.807, 2.05) is 6.92 Å². The maximum Gasteiger partial charge on any atom is 0.416 e. The minimum Gasteiger partial charge on any atom is -0.444 e. The first-order valence-corrected chi connectivity index (χ1v) is 7.80. The Bertz CT molecular complexity index is 722. The molecule has 1 aliphatic rings. The first-order valence-electron chi connectivity index (χ1n) is 7.80. The number of hydrogen-bond acceptors (Lipinski definition) is 3. The number of carbonyl (C=O) groups excluding carboxylic acids is 1. The van der Waals surface area contributed by atoms with Crippen molar-refractivity contribution in [2.45, 2.75) is 38.4 Å². The van der Waals surface area contributed by atoms with Crippen LogP contribution in [0.3, 0.4) is 0 Å². The minimum absolute atomic E-state index is 0.136. The highest BCUT2D eigenvalue weighted by atomic mass is 19.4. The average Bonchev–Trinajstić information content (AvgIpc) is 3.04. The van der Waals surface area contributed by atoms with Crippen molar-refractivity contribution >= 4 is 5.91 Å². The lowest BCUT2D eigenvalue weighted by molar-refractivity contribution is -0.137. The molecule has 0 spiro atoms. The van der Waals surface area contributed by atoms with Crippen LogP contribution >= 0.6 is 0 Å². The van der Waals surface area contributed by atoms with Crippen LogP contribution in [0.25, 0.3) is 11.5 Å². The Morgan fingerprint density at radius 3 is 2.58 bits per heavy atom. The van der Waals surface area contributed by atoms with Gasteiger partial charge in [-0.3, -0.25) is 4.79 Å². The van der Waals surface area contributed by atoms with Gasteiger partial charge in [-0.05, 0) is 50.5 Å². The molecule has 0 N–H and O–H groups in total. The Morgan fingerprint density at radius 1 is 1.25 bits per heavy atom. The van der Waals surface area contributed by atoms with E-state index in [-0.39, 0.29) is 23.5 Å². The summed E-state index contributed by atoms with van der Waals surface area (Å²) in [5.74, 6) is -0.0687. The summed E-state index contributed by atoms with van der Waals surface area (Å²) in [5.41, 5.74) is -0.163. The molecule has 1 atom stereocenters. The Labute approximate surface area is 137 Å². The monoisotopic (exact) mass is 338 g/mol. The van der Waals surface area contributed by atoms with E-state index in [9.17, 15) is 18.0 Å². The number of rotatable bonds is 2. The zero-order valence-electron chi connectivity index (χ0n) is 13.1. The van der Waals surface area contributed by atoms with Crippen LogP contribution in [0.1, 0.15) is 42.2 Å². The van der Waals surface area contributed by atoms with Gasteiger partial charge in [-0.1, -0.05) is 0 Å². The van der Waals surface area contributed by atoms with Gasteiger partial charge in [-0.15, -0.1) is 0 Å². The third kappa shape index (κ3) is 3.29. The van der Waals surface area contributed by atoms with E-state index in [1.165, 1.54) is 18.4 Å². The minimum atomic E-state index is -4.39. The van der Waals surface area contributed by atoms with Crippen LogP contribution in [0.15, 0.2) is 34.9 Å². The van der Waals surface area contributed by atoms with Crippen molar-refractivity contribution in [2.75, 3.05) is 6.54 Å². The summed E-state index contributed by atoms with van der Waals surface area (Å²) in [4.78, 5) is 18.4. The van der Waals surface area contributed by atoms with Crippen molar-refractivity contribution in [3.05, 3.63) is 41.8 Å². The fraction of sp³-hybridized carbons (Fsp3) is 0.412. The molecule has 0 radical (unpaired) electrons. The number of aromatic nitrogens is 1. The molecule has 1 fully saturated rings. The Hall–Kier alpha value is -2.31. The smallest absolute Gasteiger partial charge is 0.416 e. The standard InChI is InChI=1S/C17H17F3N2O2/c1-11-4-2-3-9-22(11)16(23)14-10-24-15(21-14)12-5-7-13(8-6-12)17(18,19)20/h5-8,10-11H,2-4,9H2,1H3. The summed E-state index contributed by atoms with van der Waals surface area (Å²) in [5, 5.41) is 0. The second-order valence-electron chi connectivity index (χ2n) is 5.96. The maximum atomic E-state index is 12.6. The van der Waals surface area contributed by atoms with Crippen molar-refractivity contribution < 1.29 is 22.4 Å². The molecule has 0 aliphatic carbocycles. The van der Waals surface area contributed by atoms with Crippen LogP contribution in [0.4, 0.5) is 13.2 Å². The van der Waals surface area contributed by atoms with Crippen molar-refractivity contribution in [2.24, 2.45) is 0 Å². The van der Waals surface area contributed by atoms with E-state index in [2.05, 4.69) is 4.98 Å². The summed E-state index contributed by atoms with van der Waals surface area (Å²) in [6.45, 7) is 2.68. The van der Waals surface area contributed by atoms with Crippen LogP contribution in [-0.4, -0.2) is 28.4 Å². The topological polar surface area (TPSA) is 46.3 Å². The number of hydrogen-bond donors (Lipinski definition) is 0. The van der Waals surface area contributed by atoms with Gasteiger partial charge < -0.3 is 9.32 Å². The van der Waals surface area contributed by atoms with Crippen LogP contribution in [0.5, 0.6) is 0 Å². The summed E-state index contributed by atoms with van der Waals surface area (Å²) in [7, 11) is 0. The second-order valence-corrected chi connectivity index (χ2v) is 5.96. The summed E-state index contributed by atoms with van der Waals surface area (Å²) >= 11 is 0. The number of amides is 1. The molecule has 1 unspecified atom stereocenters. The Morgan fingerprint density at radius 2 is 1.96 bits per heavy atom. The Balaban J connectivity index is 1.79. The van der Waals surface area contributed by atoms with Gasteiger partial charge in [-0.2, -0.15) is 13.2 Å². The summed E-state index contributed by atoms with van der Waals surface area (Å²) in [6.07, 6.45) is -0.118. The van der Waals surface area contributed by atoms with E-state index >= 15 is 0 Å². The predicted molar refractivity (Wildman–Crippen MR) is 81.3 cm³/mol. The molecule has 1 aromatic heterocycles. The first-order chi connectivity index (χ1) is 11.4. The average molecular weight is 338 g/mol. The number of oxazole rings is 1. The fourth-order valence-electron chi connectivity index (χ4n) is 2.85. The number of nitrogens with zero attached hydrogens (tertiary/aromatic N) is 2. The highest BCUT2D eigenvalue weighted by molar-refractivity contribution is 5.92. The maximum absolute atomic E-state index is 12.6. The zero-order valence-corrected chi connectivity index (χ0v) is 13.1. The molecular formula is C17H17F3N2O2. The molecule has 128 valence electrons. The molecule has 1 saturated heterocycles. The quantitative estimate of drug-likeness (QED) is 0.816. The van der Waals surface area contributed by atoms with Gasteiger partial charge in [0.25, 0.3) is 5.91 Å². The van der Waals surface area contributed by atoms with E-state index < -0.39 is 11.7 Å². The molecule has 1 aliphatic heterocycles. The van der Waals surface area contributed by atoms with E-state index in [1.54, 1.807) is 4.90 Å². The molecule has 2 aromatic rings. The van der Waals surface area contributed by atoms with Gasteiger partial charge in [0.05, 0.1) is 5.56 Å². The molecule has 24 heavy (non-hydrogen) atoms. The van der Waals surface area contributed by atoms with Gasteiger partial charge in [0.1, 0.15) is 6.26 Å². The predicted octanol–water partition coefficient (Wildman–Crippen LogP) is 4.38. The number of carbonyl (C=O) groups is 1. The molecule has 2 heterocycles. The molecular weight excluding hydrogens is 321 g/mol. The van der Waals surface area contributed by atoms with E-state index in [4.69, 9.17) is 4.42 Å². The third-order valence-corrected chi connectivity index (χ3v) is 4.25. The number of alkyl halides is 3. The van der Waals surface area contributed by atoms with Gasteiger partial charge in [0.2, 0.25) is 5.89 Å². The SMILES string of the molecule is CC1CCCCN1C(=O)c1coc(-c2ccc(C(F)(F)F)cc2)n1. The molecule has 7 heteroatoms. The van der Waals surface area contributed by atoms with Gasteiger partial charge >= 0.3 is 6.18 Å². The van der Waals surface area contributed by atoms with Crippen molar-refractivity contribution in [3.8, 4) is 11.5 Å². The highest BCUT2D eigenvalue weighted by Crippen LogP contribution is 2.31. The summed E-state index contributed by atoms with van der Waals surface area (Å²) < 4.78 is 43.0. The summed E-state index contributed by atoms with van der Waals surface area (Å²) in [6, 6.07) is 4.65. The molecule has 1 amide bonds. The lowest BCUT2D eigenvalue weighted by atomic mass is 10.0. The van der Waals surface area contributed by atoms with E-state index in [0.29, 0.717) is 12.1 Å². The molecule has 3 rings (SSSR count). The second kappa shape index (κ2) is 6.30. The number of piperidine rings is 1. The third-order valence-electron chi connectivity index (χ3n) is 4.25. The van der Waals surface area contributed by atoms with Crippen molar-refractivity contribution in [3.63, 3.8) is 0 Å². The van der Waals surface area contributed by atoms with Gasteiger partial charge in [0, 0.05) is 18.2 Å². The normalized spacial score (nSPS) is 18.7. The van der Waals surface area contributed by atoms with Gasteiger partial charge in [0.15, 0.2) is 5.69 Å². The Kier molecular flexibility index (Phi) is 4.34. The van der Waals surface area contributed by atoms with Crippen LogP contribution in [0, 0.1) is 0 Å². The van der Waals surface area contributed by atoms with E-state index in [0.717, 1.165) is 31.4 Å². The van der Waals surface area contributed by atoms with Crippen LogP contribution in [0.2, 0.25) is 0 Å². The van der Waals surface area contributed by atoms with Crippen molar-refractivity contribution in [1.29, 1.82) is 0 Å². The molecule has 0 saturated carbocycles.